The maximum Gasteiger partial charge on any atom is 0.149 e. The second-order valence-corrected chi connectivity index (χ2v) is 7.31. The van der Waals surface area contributed by atoms with E-state index in [-0.39, 0.29) is 5.82 Å². The molecule has 0 unspecified atom stereocenters. The predicted molar refractivity (Wildman–Crippen MR) is 107 cm³/mol. The average molecular weight is 370 g/mol. The summed E-state index contributed by atoms with van der Waals surface area (Å²) in [5, 5.41) is 16.6. The molecule has 0 bridgehead atoms. The summed E-state index contributed by atoms with van der Waals surface area (Å²) in [7, 11) is 0. The first-order valence-corrected chi connectivity index (χ1v) is 9.45. The van der Waals surface area contributed by atoms with Crippen molar-refractivity contribution in [2.75, 3.05) is 13.1 Å². The van der Waals surface area contributed by atoms with Crippen LogP contribution in [0.15, 0.2) is 58.7 Å². The summed E-state index contributed by atoms with van der Waals surface area (Å²) < 4.78 is 13.3. The number of halogens is 1. The summed E-state index contributed by atoms with van der Waals surface area (Å²) in [5.41, 5.74) is 0.929. The van der Waals surface area contributed by atoms with Gasteiger partial charge < -0.3 is 10.0 Å². The topological polar surface area (TPSA) is 51.4 Å². The van der Waals surface area contributed by atoms with Gasteiger partial charge in [-0.15, -0.1) is 0 Å². The van der Waals surface area contributed by atoms with Gasteiger partial charge in [0.05, 0.1) is 11.3 Å². The fraction of sp³-hybridized carbons (Fsp3) is 0.429. The van der Waals surface area contributed by atoms with E-state index in [0.29, 0.717) is 18.7 Å². The molecule has 0 amide bonds. The third-order valence-electron chi connectivity index (χ3n) is 4.90. The molecule has 5 nitrogen and oxygen atoms in total. The molecule has 1 fully saturated rings. The van der Waals surface area contributed by atoms with Crippen molar-refractivity contribution in [1.29, 1.82) is 0 Å². The number of likely N-dealkylation sites (tertiary alicyclic amines) is 1. The number of nitrogens with zero attached hydrogens (tertiary/aromatic N) is 4. The van der Waals surface area contributed by atoms with Crippen molar-refractivity contribution in [3.05, 3.63) is 59.9 Å². The molecule has 0 saturated carbocycles. The number of unbranched alkanes of at least 4 members (excludes halogenated alkanes) is 1. The fourth-order valence-electron chi connectivity index (χ4n) is 3.14. The predicted octanol–water partition coefficient (Wildman–Crippen LogP) is 3.88. The lowest BCUT2D eigenvalue weighted by Crippen LogP contribution is -2.45. The van der Waals surface area contributed by atoms with Crippen LogP contribution in [0.1, 0.15) is 45.1 Å². The molecule has 0 aromatic heterocycles. The molecule has 1 aromatic rings. The molecule has 2 aliphatic rings. The van der Waals surface area contributed by atoms with Crippen molar-refractivity contribution in [3.8, 4) is 0 Å². The van der Waals surface area contributed by atoms with Crippen LogP contribution in [0.25, 0.3) is 0 Å². The minimum absolute atomic E-state index is 0.276. The van der Waals surface area contributed by atoms with E-state index in [4.69, 9.17) is 0 Å². The maximum absolute atomic E-state index is 13.3. The highest BCUT2D eigenvalue weighted by Crippen LogP contribution is 2.29. The summed E-state index contributed by atoms with van der Waals surface area (Å²) in [5.74, 6) is 1.14. The third kappa shape index (κ3) is 4.63. The Bertz CT molecular complexity index is 770. The Morgan fingerprint density at radius 2 is 1.96 bits per heavy atom. The van der Waals surface area contributed by atoms with Crippen LogP contribution < -0.4 is 0 Å². The smallest absolute Gasteiger partial charge is 0.149 e. The molecule has 2 heterocycles. The molecule has 3 rings (SSSR count). The number of allylic oxidation sites excluding steroid dienone is 1. The second-order valence-electron chi connectivity index (χ2n) is 7.31. The van der Waals surface area contributed by atoms with Crippen LogP contribution >= 0.6 is 0 Å². The summed E-state index contributed by atoms with van der Waals surface area (Å²) in [4.78, 5) is 6.77. The average Bonchev–Trinajstić information content (AvgIpc) is 2.63. The van der Waals surface area contributed by atoms with Crippen molar-refractivity contribution in [1.82, 2.24) is 9.91 Å². The zero-order chi connectivity index (χ0) is 19.4. The maximum atomic E-state index is 13.3. The number of hydrogen-bond donors (Lipinski definition) is 1. The highest BCUT2D eigenvalue weighted by Gasteiger charge is 2.32. The van der Waals surface area contributed by atoms with Crippen LogP contribution in [-0.2, 0) is 0 Å². The molecule has 0 atom stereocenters. The number of aliphatic imine (C=N–C) groups is 1. The molecule has 0 radical (unpaired) electrons. The molecule has 27 heavy (non-hydrogen) atoms. The minimum Gasteiger partial charge on any atom is -0.390 e. The van der Waals surface area contributed by atoms with Crippen LogP contribution in [0.5, 0.6) is 0 Å². The van der Waals surface area contributed by atoms with Crippen molar-refractivity contribution in [2.24, 2.45) is 10.1 Å². The first-order valence-electron chi connectivity index (χ1n) is 9.45. The zero-order valence-corrected chi connectivity index (χ0v) is 16.0. The van der Waals surface area contributed by atoms with Gasteiger partial charge in [-0.3, -0.25) is 0 Å². The number of hydrazone groups is 1. The SMILES string of the molecule is C=C1N=C(c2ccc(F)cc2)C=C(N2CCC(C)(O)CC2)N1/N=C\CCC. The van der Waals surface area contributed by atoms with Gasteiger partial charge in [-0.2, -0.15) is 5.10 Å². The van der Waals surface area contributed by atoms with E-state index >= 15 is 0 Å². The van der Waals surface area contributed by atoms with E-state index < -0.39 is 5.60 Å². The highest BCUT2D eigenvalue weighted by molar-refractivity contribution is 6.10. The molecule has 1 aromatic carbocycles. The zero-order valence-electron chi connectivity index (χ0n) is 16.0. The molecular formula is C21H27FN4O. The molecule has 6 heteroatoms. The molecule has 144 valence electrons. The van der Waals surface area contributed by atoms with Crippen LogP contribution in [0, 0.1) is 5.82 Å². The second kappa shape index (κ2) is 8.05. The van der Waals surface area contributed by atoms with E-state index in [2.05, 4.69) is 28.5 Å². The van der Waals surface area contributed by atoms with Gasteiger partial charge >= 0.3 is 0 Å². The Hall–Kier alpha value is -2.47. The summed E-state index contributed by atoms with van der Waals surface area (Å²) in [6.07, 6.45) is 7.10. The van der Waals surface area contributed by atoms with E-state index in [1.54, 1.807) is 17.1 Å². The summed E-state index contributed by atoms with van der Waals surface area (Å²) in [6.45, 7) is 9.50. The normalized spacial score (nSPS) is 20.1. The largest absolute Gasteiger partial charge is 0.390 e. The van der Waals surface area contributed by atoms with E-state index in [0.717, 1.165) is 43.0 Å². The quantitative estimate of drug-likeness (QED) is 0.801. The van der Waals surface area contributed by atoms with Crippen molar-refractivity contribution < 1.29 is 9.50 Å². The van der Waals surface area contributed by atoms with Crippen LogP contribution in [0.2, 0.25) is 0 Å². The highest BCUT2D eigenvalue weighted by atomic mass is 19.1. The van der Waals surface area contributed by atoms with E-state index in [1.807, 2.05) is 19.2 Å². The molecular weight excluding hydrogens is 343 g/mol. The van der Waals surface area contributed by atoms with Crippen LogP contribution in [0.4, 0.5) is 4.39 Å². The first kappa shape index (κ1) is 19.3. The lowest BCUT2D eigenvalue weighted by Gasteiger charge is -2.41. The Balaban J connectivity index is 1.92. The third-order valence-corrected chi connectivity index (χ3v) is 4.90. The Kier molecular flexibility index (Phi) is 5.75. The minimum atomic E-state index is -0.632. The first-order chi connectivity index (χ1) is 12.9. The molecule has 0 spiro atoms. The van der Waals surface area contributed by atoms with Gasteiger partial charge in [-0.05, 0) is 50.5 Å². The van der Waals surface area contributed by atoms with Crippen LogP contribution in [-0.4, -0.2) is 45.6 Å². The monoisotopic (exact) mass is 370 g/mol. The van der Waals surface area contributed by atoms with Gasteiger partial charge in [0.2, 0.25) is 0 Å². The van der Waals surface area contributed by atoms with E-state index in [9.17, 15) is 9.50 Å². The van der Waals surface area contributed by atoms with Gasteiger partial charge in [0.15, 0.2) is 0 Å². The summed E-state index contributed by atoms with van der Waals surface area (Å²) >= 11 is 0. The van der Waals surface area contributed by atoms with Crippen molar-refractivity contribution in [3.63, 3.8) is 0 Å². The van der Waals surface area contributed by atoms with Gasteiger partial charge in [-0.25, -0.2) is 14.4 Å². The number of benzene rings is 1. The number of aliphatic hydroxyl groups is 1. The Morgan fingerprint density at radius 1 is 1.30 bits per heavy atom. The lowest BCUT2D eigenvalue weighted by atomic mass is 9.94. The van der Waals surface area contributed by atoms with E-state index in [1.165, 1.54) is 12.1 Å². The van der Waals surface area contributed by atoms with Gasteiger partial charge in [0.25, 0.3) is 0 Å². The number of rotatable bonds is 5. The van der Waals surface area contributed by atoms with Crippen molar-refractivity contribution >= 4 is 11.9 Å². The van der Waals surface area contributed by atoms with Gasteiger partial charge in [-0.1, -0.05) is 19.9 Å². The standard InChI is InChI=1S/C21H27FN4O/c1-4-5-12-23-26-16(2)24-19(17-6-8-18(22)9-7-17)15-20(26)25-13-10-21(3,27)11-14-25/h6-9,12,15,27H,2,4-5,10-11,13-14H2,1,3H3/b23-12-. The lowest BCUT2D eigenvalue weighted by molar-refractivity contribution is -0.00287. The van der Waals surface area contributed by atoms with Gasteiger partial charge in [0.1, 0.15) is 17.5 Å². The molecule has 1 N–H and O–H groups in total. The number of piperidine rings is 1. The van der Waals surface area contributed by atoms with Crippen LogP contribution in [0.3, 0.4) is 0 Å². The fourth-order valence-corrected chi connectivity index (χ4v) is 3.14. The summed E-state index contributed by atoms with van der Waals surface area (Å²) in [6, 6.07) is 6.29. The Labute approximate surface area is 160 Å². The Morgan fingerprint density at radius 3 is 2.59 bits per heavy atom. The van der Waals surface area contributed by atoms with Crippen molar-refractivity contribution in [2.45, 2.75) is 45.1 Å². The van der Waals surface area contributed by atoms with Gasteiger partial charge in [0, 0.05) is 30.9 Å². The number of hydrogen-bond acceptors (Lipinski definition) is 5. The molecule has 2 aliphatic heterocycles. The molecule has 1 saturated heterocycles. The molecule has 0 aliphatic carbocycles.